The third-order valence-electron chi connectivity index (χ3n) is 4.60. The van der Waals surface area contributed by atoms with Gasteiger partial charge < -0.3 is 10.2 Å². The van der Waals surface area contributed by atoms with Gasteiger partial charge in [0, 0.05) is 6.42 Å². The molecule has 1 aliphatic carbocycles. The molecular weight excluding hydrogens is 340 g/mol. The summed E-state index contributed by atoms with van der Waals surface area (Å²) in [6.07, 6.45) is -7.58. The molecule has 1 aromatic carbocycles. The van der Waals surface area contributed by atoms with Crippen molar-refractivity contribution in [1.82, 2.24) is 0 Å². The number of carbonyl (C=O) groups is 1. The molecule has 0 aromatic heterocycles. The van der Waals surface area contributed by atoms with Gasteiger partial charge in [-0.25, -0.2) is 4.39 Å². The van der Waals surface area contributed by atoms with Crippen molar-refractivity contribution < 1.29 is 32.6 Å². The van der Waals surface area contributed by atoms with Crippen LogP contribution in [0.5, 0.6) is 0 Å². The number of hydrogen-bond acceptors (Lipinski definition) is 2. The minimum absolute atomic E-state index is 0.0396. The first kappa shape index (κ1) is 19.2. The van der Waals surface area contributed by atoms with Gasteiger partial charge in [0.15, 0.2) is 0 Å². The Morgan fingerprint density at radius 3 is 2.28 bits per heavy atom. The summed E-state index contributed by atoms with van der Waals surface area (Å²) in [6, 6.07) is 7.91. The Labute approximate surface area is 142 Å². The van der Waals surface area contributed by atoms with Crippen LogP contribution < -0.4 is 0 Å². The fraction of sp³-hybridized carbons (Fsp3) is 0.389. The van der Waals surface area contributed by atoms with E-state index in [4.69, 9.17) is 5.11 Å². The van der Waals surface area contributed by atoms with Gasteiger partial charge in [-0.15, -0.1) is 0 Å². The molecular formula is C18H18F4O3. The summed E-state index contributed by atoms with van der Waals surface area (Å²) in [4.78, 5) is 10.8. The van der Waals surface area contributed by atoms with Gasteiger partial charge in [-0.05, 0) is 30.1 Å². The van der Waals surface area contributed by atoms with Crippen LogP contribution in [0.25, 0.3) is 5.57 Å². The highest BCUT2D eigenvalue weighted by atomic mass is 19.4. The second kappa shape index (κ2) is 6.63. The second-order valence-electron chi connectivity index (χ2n) is 6.31. The van der Waals surface area contributed by atoms with Crippen LogP contribution in [0.3, 0.4) is 0 Å². The third-order valence-corrected chi connectivity index (χ3v) is 4.60. The summed E-state index contributed by atoms with van der Waals surface area (Å²) < 4.78 is 55.2. The lowest BCUT2D eigenvalue weighted by atomic mass is 9.67. The summed E-state index contributed by atoms with van der Waals surface area (Å²) >= 11 is 0. The number of hydrogen-bond donors (Lipinski definition) is 2. The van der Waals surface area contributed by atoms with Crippen LogP contribution in [-0.4, -0.2) is 28.5 Å². The Morgan fingerprint density at radius 2 is 1.80 bits per heavy atom. The molecule has 2 rings (SSSR count). The van der Waals surface area contributed by atoms with E-state index in [0.29, 0.717) is 5.56 Å². The minimum atomic E-state index is -4.96. The van der Waals surface area contributed by atoms with Crippen molar-refractivity contribution >= 4 is 11.5 Å². The molecule has 1 aliphatic rings. The average molecular weight is 358 g/mol. The summed E-state index contributed by atoms with van der Waals surface area (Å²) in [5, 5.41) is 19.5. The van der Waals surface area contributed by atoms with E-state index in [-0.39, 0.29) is 5.57 Å². The monoisotopic (exact) mass is 358 g/mol. The predicted octanol–water partition coefficient (Wildman–Crippen LogP) is 4.49. The van der Waals surface area contributed by atoms with Gasteiger partial charge in [0.1, 0.15) is 5.83 Å². The average Bonchev–Trinajstić information content (AvgIpc) is 2.51. The number of carboxylic acids is 1. The van der Waals surface area contributed by atoms with Gasteiger partial charge >= 0.3 is 12.1 Å². The van der Waals surface area contributed by atoms with Gasteiger partial charge in [0.05, 0.1) is 17.1 Å². The van der Waals surface area contributed by atoms with Crippen LogP contribution in [0.4, 0.5) is 17.6 Å². The molecule has 0 saturated heterocycles. The first-order valence-electron chi connectivity index (χ1n) is 7.64. The zero-order valence-electron chi connectivity index (χ0n) is 13.7. The number of aliphatic hydroxyl groups excluding tert-OH is 1. The largest absolute Gasteiger partial charge is 0.481 e. The van der Waals surface area contributed by atoms with E-state index in [0.717, 1.165) is 13.8 Å². The zero-order chi connectivity index (χ0) is 19.0. The number of allylic oxidation sites excluding steroid dienone is 2. The van der Waals surface area contributed by atoms with Crippen molar-refractivity contribution in [3.8, 4) is 0 Å². The zero-order valence-corrected chi connectivity index (χ0v) is 13.7. The molecule has 2 unspecified atom stereocenters. The molecule has 7 heteroatoms. The van der Waals surface area contributed by atoms with Crippen LogP contribution in [-0.2, 0) is 4.79 Å². The molecule has 0 radical (unpaired) electrons. The second-order valence-corrected chi connectivity index (χ2v) is 6.31. The van der Waals surface area contributed by atoms with E-state index >= 15 is 0 Å². The van der Waals surface area contributed by atoms with Crippen molar-refractivity contribution in [2.24, 2.45) is 5.41 Å². The maximum atomic E-state index is 14.8. The van der Waals surface area contributed by atoms with E-state index in [9.17, 15) is 27.5 Å². The standard InChI is InChI=1S/C18H18F4O3/c1-10-13(11-6-4-3-5-7-11)16(25)17(2,9-8-12(23)24)15(19)14(10)18(20,21)22/h3-7,16,25H,8-9H2,1-2H3,(H,23,24). The van der Waals surface area contributed by atoms with Gasteiger partial charge in [0.2, 0.25) is 0 Å². The molecule has 3 nitrogen and oxygen atoms in total. The molecule has 136 valence electrons. The number of alkyl halides is 3. The molecule has 1 aromatic rings. The lowest BCUT2D eigenvalue weighted by Gasteiger charge is -2.40. The highest BCUT2D eigenvalue weighted by molar-refractivity contribution is 5.79. The lowest BCUT2D eigenvalue weighted by Crippen LogP contribution is -2.40. The van der Waals surface area contributed by atoms with Crippen LogP contribution in [0.15, 0.2) is 47.3 Å². The number of aliphatic hydroxyl groups is 1. The maximum absolute atomic E-state index is 14.8. The van der Waals surface area contributed by atoms with Crippen LogP contribution in [0.1, 0.15) is 32.3 Å². The highest BCUT2D eigenvalue weighted by Crippen LogP contribution is 2.53. The number of halogens is 4. The van der Waals surface area contributed by atoms with E-state index in [1.807, 2.05) is 0 Å². The van der Waals surface area contributed by atoms with Crippen molar-refractivity contribution in [3.05, 3.63) is 52.9 Å². The molecule has 25 heavy (non-hydrogen) atoms. The van der Waals surface area contributed by atoms with E-state index in [1.165, 1.54) is 12.1 Å². The minimum Gasteiger partial charge on any atom is -0.481 e. The topological polar surface area (TPSA) is 57.5 Å². The summed E-state index contributed by atoms with van der Waals surface area (Å²) in [5.41, 5.74) is -3.51. The van der Waals surface area contributed by atoms with Gasteiger partial charge in [-0.1, -0.05) is 37.3 Å². The Balaban J connectivity index is 2.71. The smallest absolute Gasteiger partial charge is 0.419 e. The fourth-order valence-corrected chi connectivity index (χ4v) is 3.17. The molecule has 2 N–H and O–H groups in total. The molecule has 2 atom stereocenters. The summed E-state index contributed by atoms with van der Waals surface area (Å²) in [5.74, 6) is -2.80. The number of benzene rings is 1. The Morgan fingerprint density at radius 1 is 1.24 bits per heavy atom. The van der Waals surface area contributed by atoms with E-state index < -0.39 is 53.5 Å². The van der Waals surface area contributed by atoms with Crippen molar-refractivity contribution in [3.63, 3.8) is 0 Å². The Bertz CT molecular complexity index is 734. The molecule has 0 saturated carbocycles. The van der Waals surface area contributed by atoms with Crippen LogP contribution >= 0.6 is 0 Å². The Kier molecular flexibility index (Phi) is 5.09. The van der Waals surface area contributed by atoms with Gasteiger partial charge in [0.25, 0.3) is 0 Å². The van der Waals surface area contributed by atoms with Crippen molar-refractivity contribution in [1.29, 1.82) is 0 Å². The van der Waals surface area contributed by atoms with Crippen LogP contribution in [0, 0.1) is 5.41 Å². The SMILES string of the molecule is CC1=C(c2ccccc2)C(O)C(C)(CCC(=O)O)C(F)=C1C(F)(F)F. The van der Waals surface area contributed by atoms with Crippen LogP contribution in [0.2, 0.25) is 0 Å². The summed E-state index contributed by atoms with van der Waals surface area (Å²) in [6.45, 7) is 2.24. The quantitative estimate of drug-likeness (QED) is 0.780. The van der Waals surface area contributed by atoms with Gasteiger partial charge in [-0.3, -0.25) is 4.79 Å². The number of carboxylic acid groups (broad SMARTS) is 1. The first-order valence-corrected chi connectivity index (χ1v) is 7.64. The molecule has 0 heterocycles. The summed E-state index contributed by atoms with van der Waals surface area (Å²) in [7, 11) is 0. The lowest BCUT2D eigenvalue weighted by molar-refractivity contribution is -0.137. The molecule has 0 amide bonds. The van der Waals surface area contributed by atoms with Crippen molar-refractivity contribution in [2.75, 3.05) is 0 Å². The molecule has 0 fully saturated rings. The number of aliphatic carboxylic acids is 1. The first-order chi connectivity index (χ1) is 11.5. The highest BCUT2D eigenvalue weighted by Gasteiger charge is 2.52. The molecule has 0 aliphatic heterocycles. The number of rotatable bonds is 4. The Hall–Kier alpha value is -2.15. The third kappa shape index (κ3) is 3.46. The fourth-order valence-electron chi connectivity index (χ4n) is 3.17. The predicted molar refractivity (Wildman–Crippen MR) is 84.2 cm³/mol. The maximum Gasteiger partial charge on any atom is 0.419 e. The van der Waals surface area contributed by atoms with Crippen molar-refractivity contribution in [2.45, 2.75) is 39.0 Å². The van der Waals surface area contributed by atoms with E-state index in [1.54, 1.807) is 18.2 Å². The molecule has 0 bridgehead atoms. The van der Waals surface area contributed by atoms with E-state index in [2.05, 4.69) is 0 Å². The van der Waals surface area contributed by atoms with Gasteiger partial charge in [-0.2, -0.15) is 13.2 Å². The molecule has 0 spiro atoms. The normalized spacial score (nSPS) is 24.7.